The molecule has 0 spiro atoms. The van der Waals surface area contributed by atoms with E-state index in [0.717, 1.165) is 24.4 Å². The van der Waals surface area contributed by atoms with Gasteiger partial charge in [0, 0.05) is 33.7 Å². The van der Waals surface area contributed by atoms with Crippen molar-refractivity contribution in [1.82, 2.24) is 14.9 Å². The smallest absolute Gasteiger partial charge is 0.242 e. The molecule has 1 aliphatic rings. The number of hydrogen-bond donors (Lipinski definition) is 2. The van der Waals surface area contributed by atoms with Crippen LogP contribution in [0, 0.1) is 0 Å². The lowest BCUT2D eigenvalue weighted by Gasteiger charge is -2.25. The van der Waals surface area contributed by atoms with Crippen LogP contribution < -0.4 is 10.6 Å². The number of hydrogen-bond acceptors (Lipinski definition) is 3. The summed E-state index contributed by atoms with van der Waals surface area (Å²) < 4.78 is 26.1. The Hall–Kier alpha value is -1.60. The first kappa shape index (κ1) is 18.7. The third kappa shape index (κ3) is 4.70. The van der Waals surface area contributed by atoms with Crippen molar-refractivity contribution in [2.24, 2.45) is 4.99 Å². The molecule has 0 radical (unpaired) electrons. The highest BCUT2D eigenvalue weighted by Crippen LogP contribution is 2.19. The molecular weight excluding hydrogens is 324 g/mol. The fourth-order valence-corrected chi connectivity index (χ4v) is 4.03. The molecule has 0 bridgehead atoms. The van der Waals surface area contributed by atoms with E-state index in [1.54, 1.807) is 33.3 Å². The van der Waals surface area contributed by atoms with E-state index in [4.69, 9.17) is 0 Å². The average molecular weight is 353 g/mol. The summed E-state index contributed by atoms with van der Waals surface area (Å²) >= 11 is 0. The zero-order valence-electron chi connectivity index (χ0n) is 14.7. The van der Waals surface area contributed by atoms with Crippen molar-refractivity contribution in [3.8, 4) is 0 Å². The molecular formula is C17H28N4O2S. The molecule has 1 aromatic carbocycles. The van der Waals surface area contributed by atoms with Crippen molar-refractivity contribution in [3.05, 3.63) is 29.8 Å². The van der Waals surface area contributed by atoms with Gasteiger partial charge < -0.3 is 10.6 Å². The minimum atomic E-state index is -3.46. The topological polar surface area (TPSA) is 73.8 Å². The maximum atomic E-state index is 12.4. The zero-order valence-corrected chi connectivity index (χ0v) is 15.6. The summed E-state index contributed by atoms with van der Waals surface area (Å²) in [4.78, 5) is 4.59. The maximum absolute atomic E-state index is 12.4. The van der Waals surface area contributed by atoms with Crippen molar-refractivity contribution < 1.29 is 8.42 Å². The Labute approximate surface area is 145 Å². The Kier molecular flexibility index (Phi) is 6.62. The standard InChI is InChI=1S/C17H28N4O2S/c1-18-17(20-15-10-5-4-6-11-15)19-13-14-9-7-8-12-16(14)24(22,23)21(2)3/h7-9,12,15H,4-6,10-11,13H2,1-3H3,(H2,18,19,20). The van der Waals surface area contributed by atoms with Gasteiger partial charge in [-0.3, -0.25) is 4.99 Å². The summed E-state index contributed by atoms with van der Waals surface area (Å²) in [6, 6.07) is 7.52. The zero-order chi connectivity index (χ0) is 17.6. The van der Waals surface area contributed by atoms with Crippen molar-refractivity contribution >= 4 is 16.0 Å². The van der Waals surface area contributed by atoms with Crippen LogP contribution in [-0.2, 0) is 16.6 Å². The van der Waals surface area contributed by atoms with Gasteiger partial charge in [0.1, 0.15) is 0 Å². The molecule has 1 fully saturated rings. The third-order valence-electron chi connectivity index (χ3n) is 4.35. The van der Waals surface area contributed by atoms with Crippen molar-refractivity contribution in [1.29, 1.82) is 0 Å². The molecule has 0 heterocycles. The second-order valence-corrected chi connectivity index (χ2v) is 8.42. The first-order chi connectivity index (χ1) is 11.4. The van der Waals surface area contributed by atoms with Gasteiger partial charge in [0.2, 0.25) is 10.0 Å². The van der Waals surface area contributed by atoms with Crippen LogP contribution in [0.3, 0.4) is 0 Å². The molecule has 24 heavy (non-hydrogen) atoms. The predicted molar refractivity (Wildman–Crippen MR) is 97.5 cm³/mol. The van der Waals surface area contributed by atoms with Crippen LogP contribution in [0.5, 0.6) is 0 Å². The molecule has 1 aliphatic carbocycles. The van der Waals surface area contributed by atoms with Crippen LogP contribution in [0.15, 0.2) is 34.2 Å². The fourth-order valence-electron chi connectivity index (χ4n) is 2.91. The normalized spacial score (nSPS) is 17.1. The minimum Gasteiger partial charge on any atom is -0.354 e. The van der Waals surface area contributed by atoms with E-state index in [-0.39, 0.29) is 0 Å². The van der Waals surface area contributed by atoms with Crippen LogP contribution in [-0.4, -0.2) is 45.9 Å². The number of aliphatic imine (C=N–C) groups is 1. The van der Waals surface area contributed by atoms with Gasteiger partial charge in [-0.1, -0.05) is 37.5 Å². The van der Waals surface area contributed by atoms with Crippen molar-refractivity contribution in [2.75, 3.05) is 21.1 Å². The number of nitrogens with zero attached hydrogens (tertiary/aromatic N) is 2. The SMILES string of the molecule is CN=C(NCc1ccccc1S(=O)(=O)N(C)C)NC1CCCCC1. The van der Waals surface area contributed by atoms with E-state index in [1.165, 1.54) is 23.6 Å². The summed E-state index contributed by atoms with van der Waals surface area (Å²) in [6.45, 7) is 0.412. The van der Waals surface area contributed by atoms with Gasteiger partial charge >= 0.3 is 0 Å². The quantitative estimate of drug-likeness (QED) is 0.627. The number of benzene rings is 1. The maximum Gasteiger partial charge on any atom is 0.242 e. The second kappa shape index (κ2) is 8.48. The average Bonchev–Trinajstić information content (AvgIpc) is 2.59. The monoisotopic (exact) mass is 352 g/mol. The summed E-state index contributed by atoms with van der Waals surface area (Å²) in [5, 5.41) is 6.68. The molecule has 6 nitrogen and oxygen atoms in total. The lowest BCUT2D eigenvalue weighted by molar-refractivity contribution is 0.410. The fraction of sp³-hybridized carbons (Fsp3) is 0.588. The minimum absolute atomic E-state index is 0.329. The highest BCUT2D eigenvalue weighted by molar-refractivity contribution is 7.89. The van der Waals surface area contributed by atoms with Gasteiger partial charge in [-0.2, -0.15) is 0 Å². The molecule has 0 atom stereocenters. The van der Waals surface area contributed by atoms with Crippen LogP contribution in [0.2, 0.25) is 0 Å². The van der Waals surface area contributed by atoms with Gasteiger partial charge in [0.15, 0.2) is 5.96 Å². The van der Waals surface area contributed by atoms with Gasteiger partial charge in [-0.05, 0) is 24.5 Å². The van der Waals surface area contributed by atoms with Crippen LogP contribution in [0.1, 0.15) is 37.7 Å². The van der Waals surface area contributed by atoms with Crippen LogP contribution >= 0.6 is 0 Å². The van der Waals surface area contributed by atoms with Crippen molar-refractivity contribution in [3.63, 3.8) is 0 Å². The van der Waals surface area contributed by atoms with E-state index < -0.39 is 10.0 Å². The first-order valence-corrected chi connectivity index (χ1v) is 9.86. The highest BCUT2D eigenvalue weighted by Gasteiger charge is 2.21. The van der Waals surface area contributed by atoms with Crippen molar-refractivity contribution in [2.45, 2.75) is 49.6 Å². The molecule has 0 aliphatic heterocycles. The molecule has 0 amide bonds. The molecule has 0 unspecified atom stereocenters. The van der Waals surface area contributed by atoms with E-state index in [1.807, 2.05) is 12.1 Å². The number of guanidine groups is 1. The molecule has 0 aromatic heterocycles. The summed E-state index contributed by atoms with van der Waals surface area (Å²) in [7, 11) is 1.37. The summed E-state index contributed by atoms with van der Waals surface area (Å²) in [5.74, 6) is 0.721. The molecule has 1 aromatic rings. The Bertz CT molecular complexity index is 665. The number of rotatable bonds is 5. The van der Waals surface area contributed by atoms with E-state index in [0.29, 0.717) is 17.5 Å². The molecule has 7 heteroatoms. The molecule has 2 N–H and O–H groups in total. The van der Waals surface area contributed by atoms with Gasteiger partial charge in [-0.15, -0.1) is 0 Å². The molecule has 0 saturated heterocycles. The van der Waals surface area contributed by atoms with Gasteiger partial charge in [-0.25, -0.2) is 12.7 Å². The second-order valence-electron chi connectivity index (χ2n) is 6.30. The lowest BCUT2D eigenvalue weighted by Crippen LogP contribution is -2.44. The Morgan fingerprint density at radius 1 is 1.21 bits per heavy atom. The van der Waals surface area contributed by atoms with Gasteiger partial charge in [0.05, 0.1) is 4.90 Å². The van der Waals surface area contributed by atoms with Gasteiger partial charge in [0.25, 0.3) is 0 Å². The molecule has 134 valence electrons. The number of sulfonamides is 1. The molecule has 2 rings (SSSR count). The highest BCUT2D eigenvalue weighted by atomic mass is 32.2. The molecule has 1 saturated carbocycles. The number of nitrogens with one attached hydrogen (secondary N) is 2. The largest absolute Gasteiger partial charge is 0.354 e. The van der Waals surface area contributed by atoms with E-state index in [2.05, 4.69) is 15.6 Å². The van der Waals surface area contributed by atoms with Crippen LogP contribution in [0.25, 0.3) is 0 Å². The first-order valence-electron chi connectivity index (χ1n) is 8.42. The van der Waals surface area contributed by atoms with E-state index in [9.17, 15) is 8.42 Å². The summed E-state index contributed by atoms with van der Waals surface area (Å²) in [6.07, 6.45) is 6.12. The Balaban J connectivity index is 2.05. The summed E-state index contributed by atoms with van der Waals surface area (Å²) in [5.41, 5.74) is 0.734. The van der Waals surface area contributed by atoms with Crippen LogP contribution in [0.4, 0.5) is 0 Å². The third-order valence-corrected chi connectivity index (χ3v) is 6.26. The predicted octanol–water partition coefficient (Wildman–Crippen LogP) is 1.93. The van der Waals surface area contributed by atoms with E-state index >= 15 is 0 Å². The lowest BCUT2D eigenvalue weighted by atomic mass is 9.96. The Morgan fingerprint density at radius 2 is 1.88 bits per heavy atom. The Morgan fingerprint density at radius 3 is 2.50 bits per heavy atom.